The molecule has 1 aromatic heterocycles. The summed E-state index contributed by atoms with van der Waals surface area (Å²) < 4.78 is 12.1. The number of carboxylic acids is 3. The number of nitrogens with two attached hydrogens (primary N) is 3. The number of primary amides is 2. The van der Waals surface area contributed by atoms with Crippen molar-refractivity contribution in [3.8, 4) is 23.0 Å². The molecule has 3 heterocycles. The van der Waals surface area contributed by atoms with Crippen molar-refractivity contribution in [2.24, 2.45) is 29.0 Å². The Balaban J connectivity index is 1.02. The summed E-state index contributed by atoms with van der Waals surface area (Å²) in [6.45, 7) is 11.3. The van der Waals surface area contributed by atoms with Crippen LogP contribution in [0.3, 0.4) is 0 Å². The van der Waals surface area contributed by atoms with E-state index in [-0.39, 0.29) is 90.0 Å². The lowest BCUT2D eigenvalue weighted by atomic mass is 9.77. The van der Waals surface area contributed by atoms with Gasteiger partial charge in [-0.05, 0) is 115 Å². The molecule has 51 nitrogen and oxygen atoms in total. The van der Waals surface area contributed by atoms with Gasteiger partial charge in [0.15, 0.2) is 11.6 Å². The van der Waals surface area contributed by atoms with E-state index in [4.69, 9.17) is 32.1 Å². The van der Waals surface area contributed by atoms with Gasteiger partial charge in [-0.3, -0.25) is 97.1 Å². The van der Waals surface area contributed by atoms with E-state index in [1.165, 1.54) is 109 Å². The number of hydrogen-bond donors (Lipinski definition) is 26. The van der Waals surface area contributed by atoms with Crippen LogP contribution in [0.2, 0.25) is 0 Å². The van der Waals surface area contributed by atoms with E-state index in [0.29, 0.717) is 16.1 Å². The first kappa shape index (κ1) is 106. The Morgan fingerprint density at radius 2 is 0.962 bits per heavy atom. The lowest BCUT2D eigenvalue weighted by Crippen LogP contribution is -2.61. The fourth-order valence-electron chi connectivity index (χ4n) is 13.4. The van der Waals surface area contributed by atoms with E-state index in [2.05, 4.69) is 95.1 Å². The topological polar surface area (TPSA) is 804 Å². The third-order valence-electron chi connectivity index (χ3n) is 20.9. The zero-order valence-corrected chi connectivity index (χ0v) is 74.0. The number of aliphatic carboxylic acids is 3. The molecule has 0 saturated heterocycles. The van der Waals surface area contributed by atoms with Crippen molar-refractivity contribution in [1.29, 1.82) is 5.41 Å². The van der Waals surface area contributed by atoms with E-state index >= 15 is 0 Å². The number of carbonyl (C=O) groups excluding carboxylic acids is 18. The number of guanidine groups is 1. The van der Waals surface area contributed by atoms with Crippen molar-refractivity contribution in [1.82, 2.24) is 100 Å². The van der Waals surface area contributed by atoms with Crippen molar-refractivity contribution in [3.05, 3.63) is 101 Å². The van der Waals surface area contributed by atoms with Crippen LogP contribution in [0, 0.1) is 17.2 Å². The second-order valence-electron chi connectivity index (χ2n) is 31.8. The maximum Gasteiger partial charge on any atom is 0.340 e. The number of aromatic nitrogens is 2. The molecule has 14 atom stereocenters. The second-order valence-corrected chi connectivity index (χ2v) is 31.8. The molecule has 0 fully saturated rings. The maximum atomic E-state index is 14.2. The molecule has 2 aliphatic heterocycles. The van der Waals surface area contributed by atoms with Gasteiger partial charge in [0.1, 0.15) is 102 Å². The molecular formula is C82H111N23O28. The molecule has 133 heavy (non-hydrogen) atoms. The molecule has 0 unspecified atom stereocenters. The fraction of sp³-hybridized carbons (Fsp3) is 0.476. The Kier molecular flexibility index (Phi) is 38.7. The number of phenolic OH excluding ortho intramolecular Hbond substituents is 2. The fourth-order valence-corrected chi connectivity index (χ4v) is 13.4. The van der Waals surface area contributed by atoms with Crippen LogP contribution in [0.5, 0.6) is 23.0 Å². The van der Waals surface area contributed by atoms with E-state index in [0.717, 1.165) is 20.9 Å². The number of urea groups is 1. The van der Waals surface area contributed by atoms with Crippen LogP contribution in [0.1, 0.15) is 170 Å². The summed E-state index contributed by atoms with van der Waals surface area (Å²) in [5, 5.41) is 92.4. The average Bonchev–Trinajstić information content (AvgIpc) is 1.56. The largest absolute Gasteiger partial charge is 0.508 e. The monoisotopic (exact) mass is 1870 g/mol. The number of fused-ring (bicyclic) bond motifs is 6. The van der Waals surface area contributed by atoms with Crippen LogP contribution < -0.4 is 107 Å². The number of nitrogens with one attached hydrogen (secondary N) is 18. The van der Waals surface area contributed by atoms with Crippen molar-refractivity contribution in [2.45, 2.75) is 217 Å². The van der Waals surface area contributed by atoms with Gasteiger partial charge in [0.05, 0.1) is 30.6 Å². The van der Waals surface area contributed by atoms with Gasteiger partial charge in [0, 0.05) is 79.9 Å². The number of esters is 1. The number of nitrogens with zero attached hydrogens (tertiary/aromatic N) is 2. The SMILES string of the molecule is CC[C@H](C)[C@H](NC(=O)[C@H](CCC(=O)O)NC(=O)[C@H](C)NC(=O)N(C)NC(=O)[C@H](C)NC(=O)[C@H](C)NC(=O)[C@H](Cc1c[nH]cn1)NC(=O)[C@@H](NC(=O)[C@H](C)NC(=O)[C@H](CCC(N)=O)NC(=O)c1ccc2c(c1)C(=O)OC21c2ccc(O)cc2Oc2cc(O)ccc21)C(C)C)C(=O)N[C@@H](CC(N)=O)C(=O)N[C@@H](CCC(=O)O)C(=O)N[C@@H](C)C(=O)NCC(=O)N[C@@H](CCCNC(=N)N)C(=O)O. The molecule has 2 aliphatic rings. The van der Waals surface area contributed by atoms with E-state index < -0.39 is 265 Å². The first-order chi connectivity index (χ1) is 62.4. The predicted octanol–water partition coefficient (Wildman–Crippen LogP) is -5.76. The molecular weight excluding hydrogens is 1760 g/mol. The van der Waals surface area contributed by atoms with E-state index in [1.54, 1.807) is 6.92 Å². The summed E-state index contributed by atoms with van der Waals surface area (Å²) in [7, 11) is 1.01. The third kappa shape index (κ3) is 30.7. The number of hydrogen-bond acceptors (Lipinski definition) is 27. The van der Waals surface area contributed by atoms with Crippen LogP contribution in [-0.2, 0) is 103 Å². The maximum absolute atomic E-state index is 14.2. The minimum Gasteiger partial charge on any atom is -0.508 e. The quantitative estimate of drug-likeness (QED) is 0.00644. The Bertz CT molecular complexity index is 5040. The number of phenols is 2. The molecule has 18 amide bonds. The number of imidazole rings is 1. The van der Waals surface area contributed by atoms with Crippen LogP contribution in [-0.4, -0.2) is 270 Å². The lowest BCUT2D eigenvalue weighted by molar-refractivity contribution is -0.142. The third-order valence-corrected chi connectivity index (χ3v) is 20.9. The van der Waals surface area contributed by atoms with Gasteiger partial charge in [-0.2, -0.15) is 0 Å². The summed E-state index contributed by atoms with van der Waals surface area (Å²) >= 11 is 0. The molecule has 0 radical (unpaired) electrons. The number of aromatic hydroxyl groups is 2. The molecule has 0 bridgehead atoms. The number of carbonyl (C=O) groups is 21. The molecule has 3 aromatic carbocycles. The second kappa shape index (κ2) is 48.6. The number of amides is 18. The first-order valence-electron chi connectivity index (χ1n) is 41.7. The molecule has 722 valence electrons. The Morgan fingerprint density at radius 3 is 1.49 bits per heavy atom. The summed E-state index contributed by atoms with van der Waals surface area (Å²) in [5.74, 6) is -24.3. The van der Waals surface area contributed by atoms with Gasteiger partial charge in [0.2, 0.25) is 82.7 Å². The Labute approximate surface area is 758 Å². The van der Waals surface area contributed by atoms with Crippen molar-refractivity contribution < 1.29 is 136 Å². The standard InChI is InChI=1S/C82H111N23O28/c1-11-36(4)64(77(127)101-55(31-59(84)109)75(125)99-51(21-24-61(111)112)72(122)92-37(5)65(115)89-33-60(110)96-53(78(128)129)13-12-26-88-80(85)86)103-73(123)52(22-25-62(113)114)97-67(117)40(8)95-81(131)105(10)104-69(119)41(9)91-66(116)38(6)94-74(124)54(28-43-32-87-34-90-43)100-76(126)63(35(2)3)102-68(118)39(7)93-71(121)50(20-23-58(83)108)98-70(120)42-14-17-47-46(27-42)79(130)133-82(47)48-18-15-44(106)29-56(48)132-57-30-45(107)16-19-49(57)82/h14-19,27,29-30,32,34-41,50-55,63-64,106-107H,11-13,20-26,28,31,33H2,1-10H3,(H2,83,108)(H2,84,109)(H,87,90)(H,89,115)(H,91,116)(H,92,122)(H,93,121)(H,94,124)(H,95,131)(H,96,110)(H,97,117)(H,98,120)(H,99,125)(H,100,126)(H,101,127)(H,102,118)(H,103,123)(H,104,119)(H,111,112)(H,113,114)(H,128,129)(H4,85,86,88)/t36-,37-,38-,39-,40-,41-,50-,51-,52-,53-,54-,55-,63-,64-/m0/s1. The highest BCUT2D eigenvalue weighted by molar-refractivity contribution is 6.05. The highest BCUT2D eigenvalue weighted by Crippen LogP contribution is 2.57. The smallest absolute Gasteiger partial charge is 0.340 e. The van der Waals surface area contributed by atoms with Crippen molar-refractivity contribution >= 4 is 130 Å². The molecule has 29 N–H and O–H groups in total. The number of hydrazine groups is 1. The molecule has 4 aromatic rings. The van der Waals surface area contributed by atoms with Crippen LogP contribution in [0.4, 0.5) is 4.79 Å². The lowest BCUT2D eigenvalue weighted by Gasteiger charge is -2.36. The Morgan fingerprint density at radius 1 is 0.496 bits per heavy atom. The molecule has 51 heteroatoms. The molecule has 0 aliphatic carbocycles. The summed E-state index contributed by atoms with van der Waals surface area (Å²) in [6.07, 6.45) is -2.21. The van der Waals surface area contributed by atoms with Crippen molar-refractivity contribution in [3.63, 3.8) is 0 Å². The zero-order valence-electron chi connectivity index (χ0n) is 74.0. The number of benzene rings is 3. The highest BCUT2D eigenvalue weighted by atomic mass is 16.6. The van der Waals surface area contributed by atoms with Gasteiger partial charge < -0.3 is 137 Å². The first-order valence-corrected chi connectivity index (χ1v) is 41.7. The van der Waals surface area contributed by atoms with E-state index in [9.17, 15) is 126 Å². The summed E-state index contributed by atoms with van der Waals surface area (Å²) in [5.41, 5.74) is 17.4. The highest BCUT2D eigenvalue weighted by Gasteiger charge is 2.54. The molecule has 1 spiro atoms. The predicted molar refractivity (Wildman–Crippen MR) is 459 cm³/mol. The van der Waals surface area contributed by atoms with Gasteiger partial charge in [-0.25, -0.2) is 24.4 Å². The number of carboxylic acid groups (broad SMARTS) is 3. The minimum absolute atomic E-state index is 0.0794. The molecule has 0 saturated carbocycles. The van der Waals surface area contributed by atoms with Gasteiger partial charge >= 0.3 is 29.9 Å². The van der Waals surface area contributed by atoms with Crippen molar-refractivity contribution in [2.75, 3.05) is 20.1 Å². The van der Waals surface area contributed by atoms with Crippen LogP contribution in [0.15, 0.2) is 67.1 Å². The van der Waals surface area contributed by atoms with Gasteiger partial charge in [-0.1, -0.05) is 40.2 Å². The summed E-state index contributed by atoms with van der Waals surface area (Å²) in [6, 6.07) is -9.79. The number of rotatable bonds is 49. The van der Waals surface area contributed by atoms with E-state index in [1.807, 2.05) is 0 Å². The van der Waals surface area contributed by atoms with Crippen LogP contribution >= 0.6 is 0 Å². The Hall–Kier alpha value is -15.8. The number of aromatic amines is 1. The number of ether oxygens (including phenoxy) is 2. The zero-order chi connectivity index (χ0) is 99.3. The normalized spacial score (nSPS) is 15.0. The minimum atomic E-state index is -1.98. The van der Waals surface area contributed by atoms with Gasteiger partial charge in [-0.15, -0.1) is 0 Å². The van der Waals surface area contributed by atoms with Crippen LogP contribution in [0.25, 0.3) is 0 Å². The number of H-pyrrole nitrogens is 1. The van der Waals surface area contributed by atoms with Gasteiger partial charge in [0.25, 0.3) is 11.8 Å². The summed E-state index contributed by atoms with van der Waals surface area (Å²) in [4.78, 5) is 287. The average molecular weight is 1870 g/mol. The molecule has 6 rings (SSSR count).